The van der Waals surface area contributed by atoms with Crippen molar-refractivity contribution in [3.05, 3.63) is 29.8 Å². The fourth-order valence-electron chi connectivity index (χ4n) is 2.83. The summed E-state index contributed by atoms with van der Waals surface area (Å²) in [5, 5.41) is 0. The van der Waals surface area contributed by atoms with Crippen LogP contribution in [0.5, 0.6) is 0 Å². The number of benzene rings is 1. The van der Waals surface area contributed by atoms with Gasteiger partial charge in [-0.2, -0.15) is 0 Å². The van der Waals surface area contributed by atoms with E-state index in [4.69, 9.17) is 5.73 Å². The van der Waals surface area contributed by atoms with Gasteiger partial charge < -0.3 is 10.6 Å². The molecule has 0 radical (unpaired) electrons. The summed E-state index contributed by atoms with van der Waals surface area (Å²) in [5.74, 6) is 0.0430. The molecule has 136 valence electrons. The molecule has 1 saturated heterocycles. The highest BCUT2D eigenvalue weighted by Gasteiger charge is 2.35. The van der Waals surface area contributed by atoms with Crippen LogP contribution in [0.15, 0.2) is 24.3 Å². The average Bonchev–Trinajstić information content (AvgIpc) is 2.40. The van der Waals surface area contributed by atoms with Crippen LogP contribution in [0.25, 0.3) is 0 Å². The maximum atomic E-state index is 12.5. The van der Waals surface area contributed by atoms with Gasteiger partial charge in [-0.1, -0.05) is 26.0 Å². The zero-order valence-corrected chi connectivity index (χ0v) is 15.9. The molecule has 0 bridgehead atoms. The first-order valence-electron chi connectivity index (χ1n) is 7.67. The highest BCUT2D eigenvalue weighted by atomic mass is 35.5. The fraction of sp³-hybridized carbons (Fsp3) is 0.562. The van der Waals surface area contributed by atoms with E-state index in [0.29, 0.717) is 18.8 Å². The minimum absolute atomic E-state index is 0. The summed E-state index contributed by atoms with van der Waals surface area (Å²) in [6.45, 7) is 5.47. The average molecular weight is 376 g/mol. The van der Waals surface area contributed by atoms with Crippen molar-refractivity contribution in [1.29, 1.82) is 0 Å². The third kappa shape index (κ3) is 5.65. The van der Waals surface area contributed by atoms with Crippen LogP contribution in [-0.4, -0.2) is 44.6 Å². The molecule has 1 fully saturated rings. The highest BCUT2D eigenvalue weighted by molar-refractivity contribution is 7.92. The predicted octanol–water partition coefficient (Wildman–Crippen LogP) is 1.61. The quantitative estimate of drug-likeness (QED) is 0.836. The molecule has 1 amide bonds. The molecule has 1 heterocycles. The molecular weight excluding hydrogens is 350 g/mol. The molecule has 1 aromatic carbocycles. The summed E-state index contributed by atoms with van der Waals surface area (Å²) in [4.78, 5) is 14.4. The number of nitrogens with two attached hydrogens (primary N) is 1. The second-order valence-electron chi connectivity index (χ2n) is 6.95. The van der Waals surface area contributed by atoms with E-state index in [9.17, 15) is 13.2 Å². The van der Waals surface area contributed by atoms with Crippen LogP contribution < -0.4 is 10.5 Å². The largest absolute Gasteiger partial charge is 0.342 e. The number of hydrogen-bond acceptors (Lipinski definition) is 4. The molecule has 1 aromatic rings. The number of carbonyl (C=O) groups excluding carboxylic acids is 1. The van der Waals surface area contributed by atoms with E-state index in [0.717, 1.165) is 18.2 Å². The second kappa shape index (κ2) is 7.72. The van der Waals surface area contributed by atoms with Gasteiger partial charge in [0.2, 0.25) is 15.9 Å². The summed E-state index contributed by atoms with van der Waals surface area (Å²) in [7, 11) is -3.32. The molecule has 0 saturated carbocycles. The van der Waals surface area contributed by atoms with E-state index >= 15 is 0 Å². The molecule has 3 N–H and O–H groups in total. The normalized spacial score (nSPS) is 20.2. The molecule has 24 heavy (non-hydrogen) atoms. The number of sulfonamides is 1. The molecule has 1 aliphatic heterocycles. The summed E-state index contributed by atoms with van der Waals surface area (Å²) < 4.78 is 25.0. The maximum Gasteiger partial charge on any atom is 0.229 e. The Morgan fingerprint density at radius 3 is 2.67 bits per heavy atom. The summed E-state index contributed by atoms with van der Waals surface area (Å²) >= 11 is 0. The third-order valence-corrected chi connectivity index (χ3v) is 4.86. The SMILES string of the molecule is CC1(C)CN(C(=O)Cc2cccc(NS(C)(=O)=O)c2)CCC1N.Cl. The number of nitrogens with one attached hydrogen (secondary N) is 1. The van der Waals surface area contributed by atoms with E-state index in [1.54, 1.807) is 18.2 Å². The molecule has 0 aliphatic carbocycles. The van der Waals surface area contributed by atoms with Crippen LogP contribution in [-0.2, 0) is 21.2 Å². The summed E-state index contributed by atoms with van der Waals surface area (Å²) in [5.41, 5.74) is 7.27. The lowest BCUT2D eigenvalue weighted by Gasteiger charge is -2.42. The van der Waals surface area contributed by atoms with Crippen LogP contribution >= 0.6 is 12.4 Å². The van der Waals surface area contributed by atoms with Gasteiger partial charge in [0, 0.05) is 24.8 Å². The number of rotatable bonds is 4. The van der Waals surface area contributed by atoms with E-state index < -0.39 is 10.0 Å². The Balaban J connectivity index is 0.00000288. The standard InChI is InChI=1S/C16H25N3O3S.ClH/c1-16(2)11-19(8-7-14(16)17)15(20)10-12-5-4-6-13(9-12)18-23(3,21)22;/h4-6,9,14,18H,7-8,10-11,17H2,1-3H3;1H. The minimum atomic E-state index is -3.32. The Bertz CT molecular complexity index is 692. The van der Waals surface area contributed by atoms with Crippen molar-refractivity contribution in [3.63, 3.8) is 0 Å². The third-order valence-electron chi connectivity index (χ3n) is 4.25. The Morgan fingerprint density at radius 2 is 2.08 bits per heavy atom. The number of hydrogen-bond donors (Lipinski definition) is 2. The van der Waals surface area contributed by atoms with Gasteiger partial charge in [0.05, 0.1) is 12.7 Å². The van der Waals surface area contributed by atoms with Gasteiger partial charge in [-0.15, -0.1) is 12.4 Å². The van der Waals surface area contributed by atoms with E-state index in [2.05, 4.69) is 18.6 Å². The number of nitrogens with zero attached hydrogens (tertiary/aromatic N) is 1. The molecule has 8 heteroatoms. The van der Waals surface area contributed by atoms with Crippen molar-refractivity contribution in [1.82, 2.24) is 4.90 Å². The highest BCUT2D eigenvalue weighted by Crippen LogP contribution is 2.28. The van der Waals surface area contributed by atoms with Crippen LogP contribution in [0.2, 0.25) is 0 Å². The molecule has 6 nitrogen and oxygen atoms in total. The van der Waals surface area contributed by atoms with Gasteiger partial charge in [0.1, 0.15) is 0 Å². The van der Waals surface area contributed by atoms with Gasteiger partial charge in [-0.25, -0.2) is 8.42 Å². The molecule has 2 rings (SSSR count). The van der Waals surface area contributed by atoms with E-state index in [1.165, 1.54) is 0 Å². The van der Waals surface area contributed by atoms with Crippen molar-refractivity contribution in [2.24, 2.45) is 11.1 Å². The van der Waals surface area contributed by atoms with E-state index in [1.807, 2.05) is 11.0 Å². The summed E-state index contributed by atoms with van der Waals surface area (Å²) in [6, 6.07) is 7.03. The Kier molecular flexibility index (Phi) is 6.67. The Hall–Kier alpha value is -1.31. The zero-order valence-electron chi connectivity index (χ0n) is 14.3. The molecule has 1 aliphatic rings. The molecule has 1 atom stereocenters. The van der Waals surface area contributed by atoms with E-state index in [-0.39, 0.29) is 36.2 Å². The lowest BCUT2D eigenvalue weighted by molar-refractivity contribution is -0.133. The molecule has 1 unspecified atom stereocenters. The number of anilines is 1. The van der Waals surface area contributed by atoms with Crippen LogP contribution in [0.3, 0.4) is 0 Å². The minimum Gasteiger partial charge on any atom is -0.342 e. The van der Waals surface area contributed by atoms with Crippen molar-refractivity contribution < 1.29 is 13.2 Å². The van der Waals surface area contributed by atoms with Crippen molar-refractivity contribution >= 4 is 34.0 Å². The maximum absolute atomic E-state index is 12.5. The van der Waals surface area contributed by atoms with Crippen molar-refractivity contribution in [2.75, 3.05) is 24.1 Å². The van der Waals surface area contributed by atoms with Crippen LogP contribution in [0.1, 0.15) is 25.8 Å². The Morgan fingerprint density at radius 1 is 1.42 bits per heavy atom. The first-order valence-corrected chi connectivity index (χ1v) is 9.56. The van der Waals surface area contributed by atoms with Gasteiger partial charge in [-0.3, -0.25) is 9.52 Å². The lowest BCUT2D eigenvalue weighted by Crippen LogP contribution is -2.54. The van der Waals surface area contributed by atoms with Crippen LogP contribution in [0, 0.1) is 5.41 Å². The van der Waals surface area contributed by atoms with Crippen molar-refractivity contribution in [2.45, 2.75) is 32.7 Å². The van der Waals surface area contributed by atoms with Gasteiger partial charge in [0.25, 0.3) is 0 Å². The monoisotopic (exact) mass is 375 g/mol. The summed E-state index contributed by atoms with van der Waals surface area (Å²) in [6.07, 6.45) is 2.16. The molecule has 0 aromatic heterocycles. The number of halogens is 1. The fourth-order valence-corrected chi connectivity index (χ4v) is 3.39. The molecule has 0 spiro atoms. The molecular formula is C16H26ClN3O3S. The number of carbonyl (C=O) groups is 1. The van der Waals surface area contributed by atoms with Crippen LogP contribution in [0.4, 0.5) is 5.69 Å². The number of piperidine rings is 1. The first-order chi connectivity index (χ1) is 10.6. The Labute approximate surface area is 150 Å². The van der Waals surface area contributed by atoms with Crippen molar-refractivity contribution in [3.8, 4) is 0 Å². The second-order valence-corrected chi connectivity index (χ2v) is 8.70. The number of amides is 1. The predicted molar refractivity (Wildman–Crippen MR) is 98.8 cm³/mol. The topological polar surface area (TPSA) is 92.5 Å². The zero-order chi connectivity index (χ0) is 17.3. The number of likely N-dealkylation sites (tertiary alicyclic amines) is 1. The smallest absolute Gasteiger partial charge is 0.229 e. The van der Waals surface area contributed by atoms with Gasteiger partial charge in [-0.05, 0) is 29.5 Å². The van der Waals surface area contributed by atoms with Gasteiger partial charge >= 0.3 is 0 Å². The van der Waals surface area contributed by atoms with Gasteiger partial charge in [0.15, 0.2) is 0 Å². The first kappa shape index (κ1) is 20.7. The lowest BCUT2D eigenvalue weighted by atomic mass is 9.79.